The second-order valence-electron chi connectivity index (χ2n) is 7.50. The second kappa shape index (κ2) is 7.40. The zero-order chi connectivity index (χ0) is 18.8. The first kappa shape index (κ1) is 18.3. The highest BCUT2D eigenvalue weighted by Gasteiger charge is 2.51. The molecule has 2 heterocycles. The van der Waals surface area contributed by atoms with Crippen molar-refractivity contribution >= 4 is 23.5 Å². The highest BCUT2D eigenvalue weighted by Crippen LogP contribution is 2.37. The van der Waals surface area contributed by atoms with Crippen LogP contribution >= 0.6 is 0 Å². The van der Waals surface area contributed by atoms with Gasteiger partial charge in [0.15, 0.2) is 0 Å². The molecule has 1 aliphatic carbocycles. The van der Waals surface area contributed by atoms with Crippen LogP contribution in [0, 0.1) is 24.7 Å². The Morgan fingerprint density at radius 3 is 2.35 bits per heavy atom. The number of hydrogen-bond acceptors (Lipinski definition) is 4. The largest absolute Gasteiger partial charge is 0.309 e. The zero-order valence-electron chi connectivity index (χ0n) is 15.4. The number of fused-ring (bicyclic) bond motifs is 1. The molecule has 3 rings (SSSR count). The van der Waals surface area contributed by atoms with Crippen molar-refractivity contribution in [3.05, 3.63) is 36.0 Å². The van der Waals surface area contributed by atoms with Gasteiger partial charge in [0, 0.05) is 5.69 Å². The molecule has 0 spiro atoms. The van der Waals surface area contributed by atoms with Crippen LogP contribution in [-0.4, -0.2) is 33.6 Å². The number of nitrogens with one attached hydrogen (secondary N) is 1. The van der Waals surface area contributed by atoms with E-state index in [2.05, 4.69) is 10.3 Å². The molecule has 26 heavy (non-hydrogen) atoms. The van der Waals surface area contributed by atoms with Gasteiger partial charge >= 0.3 is 0 Å². The number of carbonyl (C=O) groups excluding carboxylic acids is 3. The molecule has 6 nitrogen and oxygen atoms in total. The van der Waals surface area contributed by atoms with E-state index in [0.29, 0.717) is 25.1 Å². The van der Waals surface area contributed by atoms with Crippen LogP contribution in [0.1, 0.15) is 38.8 Å². The van der Waals surface area contributed by atoms with Gasteiger partial charge < -0.3 is 5.32 Å². The highest BCUT2D eigenvalue weighted by molar-refractivity contribution is 6.10. The summed E-state index contributed by atoms with van der Waals surface area (Å²) in [4.78, 5) is 44.1. The van der Waals surface area contributed by atoms with Crippen molar-refractivity contribution in [3.8, 4) is 0 Å². The summed E-state index contributed by atoms with van der Waals surface area (Å²) in [6.45, 7) is 5.79. The van der Waals surface area contributed by atoms with Gasteiger partial charge in [-0.1, -0.05) is 32.1 Å². The van der Waals surface area contributed by atoms with E-state index in [1.54, 1.807) is 6.07 Å². The maximum absolute atomic E-state index is 12.9. The average Bonchev–Trinajstić information content (AvgIpc) is 2.84. The Labute approximate surface area is 153 Å². The molecule has 1 fully saturated rings. The van der Waals surface area contributed by atoms with Crippen LogP contribution in [0.25, 0.3) is 0 Å². The molecule has 138 valence electrons. The number of amides is 3. The van der Waals surface area contributed by atoms with E-state index in [0.717, 1.165) is 5.69 Å². The number of nitrogens with zero attached hydrogens (tertiary/aromatic N) is 2. The van der Waals surface area contributed by atoms with Gasteiger partial charge in [0.25, 0.3) is 0 Å². The number of rotatable bonds is 5. The van der Waals surface area contributed by atoms with Crippen LogP contribution in [0.15, 0.2) is 30.4 Å². The van der Waals surface area contributed by atoms with Crippen LogP contribution in [0.5, 0.6) is 0 Å². The molecule has 3 amide bonds. The van der Waals surface area contributed by atoms with E-state index in [-0.39, 0.29) is 35.5 Å². The quantitative estimate of drug-likeness (QED) is 0.650. The molecule has 1 aliphatic heterocycles. The lowest BCUT2D eigenvalue weighted by molar-refractivity contribution is -0.147. The zero-order valence-corrected chi connectivity index (χ0v) is 15.4. The standard InChI is InChI=1S/C20H25N3O3/c1-12(2)11-16(18(24)22-17-10-6-7-13(3)21-17)23-19(25)14-8-4-5-9-15(14)20(23)26/h4-7,10,12,14-16H,8-9,11H2,1-3H3,(H,21,22,24)/t14-,15+,16-/m1/s1. The number of likely N-dealkylation sites (tertiary alicyclic amines) is 1. The first-order chi connectivity index (χ1) is 12.4. The third kappa shape index (κ3) is 3.54. The fraction of sp³-hybridized carbons (Fsp3) is 0.500. The lowest BCUT2D eigenvalue weighted by Crippen LogP contribution is -2.48. The number of pyridine rings is 1. The van der Waals surface area contributed by atoms with Crippen molar-refractivity contribution in [2.75, 3.05) is 5.32 Å². The minimum atomic E-state index is -0.803. The molecule has 0 radical (unpaired) electrons. The van der Waals surface area contributed by atoms with E-state index in [1.807, 2.05) is 45.1 Å². The molecular formula is C20H25N3O3. The predicted octanol–water partition coefficient (Wildman–Crippen LogP) is 2.69. The van der Waals surface area contributed by atoms with Crippen LogP contribution in [0.4, 0.5) is 5.82 Å². The maximum Gasteiger partial charge on any atom is 0.248 e. The molecule has 1 saturated heterocycles. The van der Waals surface area contributed by atoms with Gasteiger partial charge in [-0.3, -0.25) is 19.3 Å². The highest BCUT2D eigenvalue weighted by atomic mass is 16.2. The van der Waals surface area contributed by atoms with Gasteiger partial charge in [0.05, 0.1) is 11.8 Å². The van der Waals surface area contributed by atoms with Crippen molar-refractivity contribution in [2.24, 2.45) is 17.8 Å². The summed E-state index contributed by atoms with van der Waals surface area (Å²) in [6, 6.07) is 4.55. The third-order valence-corrected chi connectivity index (χ3v) is 4.99. The van der Waals surface area contributed by atoms with Crippen molar-refractivity contribution in [1.29, 1.82) is 0 Å². The summed E-state index contributed by atoms with van der Waals surface area (Å²) in [6.07, 6.45) is 5.47. The van der Waals surface area contributed by atoms with Crippen molar-refractivity contribution in [2.45, 2.75) is 46.1 Å². The SMILES string of the molecule is Cc1cccc(NC(=O)[C@@H](CC(C)C)N2C(=O)[C@H]3CC=CC[C@H]3C2=O)n1. The molecule has 1 aromatic heterocycles. The summed E-state index contributed by atoms with van der Waals surface area (Å²) in [7, 11) is 0. The van der Waals surface area contributed by atoms with E-state index in [1.165, 1.54) is 4.90 Å². The lowest BCUT2D eigenvalue weighted by atomic mass is 9.85. The average molecular weight is 355 g/mol. The first-order valence-corrected chi connectivity index (χ1v) is 9.15. The van der Waals surface area contributed by atoms with Crippen LogP contribution in [-0.2, 0) is 14.4 Å². The van der Waals surface area contributed by atoms with Crippen molar-refractivity contribution in [1.82, 2.24) is 9.88 Å². The van der Waals surface area contributed by atoms with Crippen molar-refractivity contribution < 1.29 is 14.4 Å². The molecule has 3 atom stereocenters. The number of anilines is 1. The molecular weight excluding hydrogens is 330 g/mol. The Kier molecular flexibility index (Phi) is 5.20. The molecule has 2 aliphatic rings. The Hall–Kier alpha value is -2.50. The predicted molar refractivity (Wildman–Crippen MR) is 98.1 cm³/mol. The minimum absolute atomic E-state index is 0.164. The number of aryl methyl sites for hydroxylation is 1. The van der Waals surface area contributed by atoms with Gasteiger partial charge in [-0.15, -0.1) is 0 Å². The fourth-order valence-corrected chi connectivity index (χ4v) is 3.73. The molecule has 0 bridgehead atoms. The second-order valence-corrected chi connectivity index (χ2v) is 7.50. The number of hydrogen-bond donors (Lipinski definition) is 1. The van der Waals surface area contributed by atoms with Crippen LogP contribution in [0.3, 0.4) is 0 Å². The minimum Gasteiger partial charge on any atom is -0.309 e. The van der Waals surface area contributed by atoms with Crippen LogP contribution < -0.4 is 5.32 Å². The number of carbonyl (C=O) groups is 3. The fourth-order valence-electron chi connectivity index (χ4n) is 3.73. The van der Waals surface area contributed by atoms with Gasteiger partial charge in [-0.05, 0) is 44.2 Å². The lowest BCUT2D eigenvalue weighted by Gasteiger charge is -2.27. The van der Waals surface area contributed by atoms with E-state index in [4.69, 9.17) is 0 Å². The first-order valence-electron chi connectivity index (χ1n) is 9.15. The van der Waals surface area contributed by atoms with E-state index in [9.17, 15) is 14.4 Å². The molecule has 0 saturated carbocycles. The maximum atomic E-state index is 12.9. The van der Waals surface area contributed by atoms with Gasteiger partial charge in [0.1, 0.15) is 11.9 Å². The topological polar surface area (TPSA) is 79.4 Å². The normalized spacial score (nSPS) is 23.3. The van der Waals surface area contributed by atoms with Crippen molar-refractivity contribution in [3.63, 3.8) is 0 Å². The van der Waals surface area contributed by atoms with Gasteiger partial charge in [-0.25, -0.2) is 4.98 Å². The molecule has 1 N–H and O–H groups in total. The Bertz CT molecular complexity index is 730. The van der Waals surface area contributed by atoms with Crippen LogP contribution in [0.2, 0.25) is 0 Å². The summed E-state index contributed by atoms with van der Waals surface area (Å²) < 4.78 is 0. The number of imide groups is 1. The van der Waals surface area contributed by atoms with Gasteiger partial charge in [0.2, 0.25) is 17.7 Å². The summed E-state index contributed by atoms with van der Waals surface area (Å²) in [5.41, 5.74) is 0.786. The molecule has 0 aromatic carbocycles. The Morgan fingerprint density at radius 1 is 1.19 bits per heavy atom. The Balaban J connectivity index is 1.84. The van der Waals surface area contributed by atoms with E-state index < -0.39 is 6.04 Å². The number of aromatic nitrogens is 1. The number of allylic oxidation sites excluding steroid dienone is 2. The van der Waals surface area contributed by atoms with Gasteiger partial charge in [-0.2, -0.15) is 0 Å². The molecule has 0 unspecified atom stereocenters. The van der Waals surface area contributed by atoms with E-state index >= 15 is 0 Å². The summed E-state index contributed by atoms with van der Waals surface area (Å²) >= 11 is 0. The Morgan fingerprint density at radius 2 is 1.81 bits per heavy atom. The molecule has 1 aromatic rings. The molecule has 6 heteroatoms. The third-order valence-electron chi connectivity index (χ3n) is 4.99. The summed E-state index contributed by atoms with van der Waals surface area (Å²) in [5.74, 6) is -0.853. The smallest absolute Gasteiger partial charge is 0.248 e. The summed E-state index contributed by atoms with van der Waals surface area (Å²) in [5, 5.41) is 2.78. The monoisotopic (exact) mass is 355 g/mol.